The van der Waals surface area contributed by atoms with E-state index in [4.69, 9.17) is 5.11 Å². The van der Waals surface area contributed by atoms with E-state index in [1.54, 1.807) is 0 Å². The lowest BCUT2D eigenvalue weighted by Gasteiger charge is -2.15. The van der Waals surface area contributed by atoms with Crippen LogP contribution in [0.5, 0.6) is 0 Å². The molecule has 5 heteroatoms. The van der Waals surface area contributed by atoms with E-state index in [-0.39, 0.29) is 12.3 Å². The number of carbonyl (C=O) groups excluding carboxylic acids is 1. The SMILES string of the molecule is CCCC(CCNC(=O)CCCNC)CCC(=O)O. The number of carboxylic acids is 1. The molecule has 0 rings (SSSR count). The van der Waals surface area contributed by atoms with Gasteiger partial charge in [-0.3, -0.25) is 9.59 Å². The van der Waals surface area contributed by atoms with Gasteiger partial charge in [-0.15, -0.1) is 0 Å². The maximum atomic E-state index is 11.5. The molecule has 0 aliphatic heterocycles. The molecule has 19 heavy (non-hydrogen) atoms. The van der Waals surface area contributed by atoms with Gasteiger partial charge in [-0.25, -0.2) is 0 Å². The zero-order valence-corrected chi connectivity index (χ0v) is 12.2. The lowest BCUT2D eigenvalue weighted by atomic mass is 9.94. The molecule has 0 aliphatic rings. The van der Waals surface area contributed by atoms with Crippen LogP contribution in [0.15, 0.2) is 0 Å². The van der Waals surface area contributed by atoms with Crippen molar-refractivity contribution in [1.29, 1.82) is 0 Å². The van der Waals surface area contributed by atoms with E-state index in [9.17, 15) is 9.59 Å². The molecule has 0 radical (unpaired) electrons. The molecule has 0 saturated heterocycles. The van der Waals surface area contributed by atoms with Gasteiger partial charge in [0, 0.05) is 19.4 Å². The van der Waals surface area contributed by atoms with Crippen LogP contribution >= 0.6 is 0 Å². The molecule has 0 aromatic rings. The van der Waals surface area contributed by atoms with Crippen LogP contribution in [-0.2, 0) is 9.59 Å². The minimum Gasteiger partial charge on any atom is -0.481 e. The van der Waals surface area contributed by atoms with E-state index in [1.807, 2.05) is 7.05 Å². The van der Waals surface area contributed by atoms with Gasteiger partial charge in [0.2, 0.25) is 5.91 Å². The number of rotatable bonds is 12. The molecule has 0 bridgehead atoms. The first-order chi connectivity index (χ1) is 9.10. The summed E-state index contributed by atoms with van der Waals surface area (Å²) in [5.41, 5.74) is 0. The van der Waals surface area contributed by atoms with Crippen molar-refractivity contribution < 1.29 is 14.7 Å². The van der Waals surface area contributed by atoms with Gasteiger partial charge in [0.25, 0.3) is 0 Å². The molecule has 0 aromatic heterocycles. The largest absolute Gasteiger partial charge is 0.481 e. The lowest BCUT2D eigenvalue weighted by Crippen LogP contribution is -2.26. The third-order valence-electron chi connectivity index (χ3n) is 3.17. The van der Waals surface area contributed by atoms with Crippen molar-refractivity contribution in [3.05, 3.63) is 0 Å². The topological polar surface area (TPSA) is 78.4 Å². The van der Waals surface area contributed by atoms with Crippen LogP contribution in [-0.4, -0.2) is 37.1 Å². The van der Waals surface area contributed by atoms with Crippen molar-refractivity contribution in [3.8, 4) is 0 Å². The molecule has 0 aromatic carbocycles. The van der Waals surface area contributed by atoms with E-state index in [0.29, 0.717) is 25.3 Å². The van der Waals surface area contributed by atoms with E-state index in [0.717, 1.165) is 32.2 Å². The first kappa shape index (κ1) is 17.9. The molecule has 112 valence electrons. The Morgan fingerprint density at radius 1 is 1.11 bits per heavy atom. The quantitative estimate of drug-likeness (QED) is 0.473. The Morgan fingerprint density at radius 3 is 2.42 bits per heavy atom. The molecule has 0 aliphatic carbocycles. The van der Waals surface area contributed by atoms with Crippen LogP contribution < -0.4 is 10.6 Å². The summed E-state index contributed by atoms with van der Waals surface area (Å²) in [4.78, 5) is 22.1. The number of aliphatic carboxylic acids is 1. The summed E-state index contributed by atoms with van der Waals surface area (Å²) in [5.74, 6) is -0.250. The third-order valence-corrected chi connectivity index (χ3v) is 3.17. The van der Waals surface area contributed by atoms with Gasteiger partial charge < -0.3 is 15.7 Å². The standard InChI is InChI=1S/C14H28N2O3/c1-3-5-12(7-8-14(18)19)9-11-16-13(17)6-4-10-15-2/h12,15H,3-11H2,1-2H3,(H,16,17)(H,18,19). The summed E-state index contributed by atoms with van der Waals surface area (Å²) < 4.78 is 0. The highest BCUT2D eigenvalue weighted by Gasteiger charge is 2.10. The number of hydrogen-bond acceptors (Lipinski definition) is 3. The summed E-state index contributed by atoms with van der Waals surface area (Å²) in [6.07, 6.45) is 5.29. The minimum absolute atomic E-state index is 0.0868. The molecule has 0 heterocycles. The molecule has 1 unspecified atom stereocenters. The van der Waals surface area contributed by atoms with Gasteiger partial charge in [0.05, 0.1) is 0 Å². The van der Waals surface area contributed by atoms with Crippen LogP contribution in [0.25, 0.3) is 0 Å². The second-order valence-electron chi connectivity index (χ2n) is 4.93. The molecule has 0 saturated carbocycles. The zero-order chi connectivity index (χ0) is 14.5. The van der Waals surface area contributed by atoms with Gasteiger partial charge in [0.15, 0.2) is 0 Å². The normalized spacial score (nSPS) is 12.1. The van der Waals surface area contributed by atoms with Crippen molar-refractivity contribution in [1.82, 2.24) is 10.6 Å². The first-order valence-electron chi connectivity index (χ1n) is 7.23. The van der Waals surface area contributed by atoms with Crippen molar-refractivity contribution in [3.63, 3.8) is 0 Å². The maximum Gasteiger partial charge on any atom is 0.303 e. The maximum absolute atomic E-state index is 11.5. The Bertz CT molecular complexity index is 257. The molecule has 0 fully saturated rings. The average Bonchev–Trinajstić information content (AvgIpc) is 2.36. The number of amides is 1. The minimum atomic E-state index is -0.739. The Kier molecular flexibility index (Phi) is 11.3. The van der Waals surface area contributed by atoms with Crippen LogP contribution in [0.4, 0.5) is 0 Å². The molecule has 1 atom stereocenters. The smallest absolute Gasteiger partial charge is 0.303 e. The van der Waals surface area contributed by atoms with Crippen LogP contribution in [0, 0.1) is 5.92 Å². The highest BCUT2D eigenvalue weighted by molar-refractivity contribution is 5.75. The Hall–Kier alpha value is -1.10. The fraction of sp³-hybridized carbons (Fsp3) is 0.857. The predicted molar refractivity (Wildman–Crippen MR) is 76.1 cm³/mol. The van der Waals surface area contributed by atoms with Crippen molar-refractivity contribution in [2.75, 3.05) is 20.1 Å². The zero-order valence-electron chi connectivity index (χ0n) is 12.2. The van der Waals surface area contributed by atoms with Gasteiger partial charge in [-0.2, -0.15) is 0 Å². The van der Waals surface area contributed by atoms with Gasteiger partial charge in [0.1, 0.15) is 0 Å². The Balaban J connectivity index is 3.72. The van der Waals surface area contributed by atoms with Crippen molar-refractivity contribution in [2.24, 2.45) is 5.92 Å². The summed E-state index contributed by atoms with van der Waals surface area (Å²) in [6.45, 7) is 3.61. The highest BCUT2D eigenvalue weighted by atomic mass is 16.4. The number of nitrogens with one attached hydrogen (secondary N) is 2. The monoisotopic (exact) mass is 272 g/mol. The number of hydrogen-bond donors (Lipinski definition) is 3. The first-order valence-corrected chi connectivity index (χ1v) is 7.23. The van der Waals surface area contributed by atoms with Gasteiger partial charge in [-0.05, 0) is 38.8 Å². The fourth-order valence-electron chi connectivity index (χ4n) is 2.10. The van der Waals surface area contributed by atoms with Crippen molar-refractivity contribution in [2.45, 2.75) is 51.9 Å². The Morgan fingerprint density at radius 2 is 1.84 bits per heavy atom. The number of carbonyl (C=O) groups is 2. The highest BCUT2D eigenvalue weighted by Crippen LogP contribution is 2.17. The molecule has 0 spiro atoms. The molecular formula is C14H28N2O3. The predicted octanol–water partition coefficient (Wildman–Crippen LogP) is 1.77. The summed E-state index contributed by atoms with van der Waals surface area (Å²) >= 11 is 0. The van der Waals surface area contributed by atoms with Crippen LogP contribution in [0.2, 0.25) is 0 Å². The lowest BCUT2D eigenvalue weighted by molar-refractivity contribution is -0.137. The summed E-state index contributed by atoms with van der Waals surface area (Å²) in [7, 11) is 1.87. The van der Waals surface area contributed by atoms with Crippen LogP contribution in [0.1, 0.15) is 51.9 Å². The van der Waals surface area contributed by atoms with Gasteiger partial charge >= 0.3 is 5.97 Å². The van der Waals surface area contributed by atoms with E-state index in [2.05, 4.69) is 17.6 Å². The second-order valence-corrected chi connectivity index (χ2v) is 4.93. The molecule has 5 nitrogen and oxygen atoms in total. The summed E-state index contributed by atoms with van der Waals surface area (Å²) in [5, 5.41) is 14.6. The second kappa shape index (κ2) is 12.0. The molecule has 3 N–H and O–H groups in total. The van der Waals surface area contributed by atoms with E-state index < -0.39 is 5.97 Å². The summed E-state index contributed by atoms with van der Waals surface area (Å²) in [6, 6.07) is 0. The molecule has 1 amide bonds. The van der Waals surface area contributed by atoms with Crippen molar-refractivity contribution >= 4 is 11.9 Å². The van der Waals surface area contributed by atoms with E-state index >= 15 is 0 Å². The van der Waals surface area contributed by atoms with Gasteiger partial charge in [-0.1, -0.05) is 19.8 Å². The number of carboxylic acid groups (broad SMARTS) is 1. The fourth-order valence-corrected chi connectivity index (χ4v) is 2.10. The van der Waals surface area contributed by atoms with Crippen LogP contribution in [0.3, 0.4) is 0 Å². The Labute approximate surface area is 116 Å². The van der Waals surface area contributed by atoms with E-state index in [1.165, 1.54) is 0 Å². The molecular weight excluding hydrogens is 244 g/mol. The average molecular weight is 272 g/mol. The third kappa shape index (κ3) is 11.7.